The van der Waals surface area contributed by atoms with Crippen molar-refractivity contribution < 1.29 is 4.48 Å². The van der Waals surface area contributed by atoms with Gasteiger partial charge in [0.15, 0.2) is 0 Å². The predicted molar refractivity (Wildman–Crippen MR) is 144 cm³/mol. The molecule has 0 saturated heterocycles. The molecule has 0 radical (unpaired) electrons. The van der Waals surface area contributed by atoms with Crippen molar-refractivity contribution in [2.45, 2.75) is 142 Å². The molecule has 0 aromatic heterocycles. The lowest BCUT2D eigenvalue weighted by atomic mass is 10.0. The van der Waals surface area contributed by atoms with Crippen molar-refractivity contribution in [1.29, 1.82) is 0 Å². The van der Waals surface area contributed by atoms with E-state index < -0.39 is 0 Å². The van der Waals surface area contributed by atoms with Crippen LogP contribution in [0.3, 0.4) is 0 Å². The molecule has 0 heterocycles. The van der Waals surface area contributed by atoms with Crippen molar-refractivity contribution in [3.05, 3.63) is 25.3 Å². The molecule has 1 heteroatoms. The van der Waals surface area contributed by atoms with Crippen LogP contribution < -0.4 is 0 Å². The molecule has 0 aromatic rings. The first-order valence-corrected chi connectivity index (χ1v) is 14.3. The molecule has 0 aliphatic rings. The van der Waals surface area contributed by atoms with Gasteiger partial charge in [-0.2, -0.15) is 0 Å². The van der Waals surface area contributed by atoms with Crippen molar-refractivity contribution in [3.8, 4) is 0 Å². The highest BCUT2D eigenvalue weighted by Gasteiger charge is 2.23. The van der Waals surface area contributed by atoms with Crippen LogP contribution in [0.25, 0.3) is 0 Å². The normalized spacial score (nSPS) is 11.7. The number of hydrogen-bond acceptors (Lipinski definition) is 0. The third-order valence-electron chi connectivity index (χ3n) is 7.00. The van der Waals surface area contributed by atoms with Crippen LogP contribution in [0, 0.1) is 0 Å². The monoisotopic (exact) mass is 434 g/mol. The van der Waals surface area contributed by atoms with Gasteiger partial charge in [-0.1, -0.05) is 130 Å². The van der Waals surface area contributed by atoms with Crippen molar-refractivity contribution >= 4 is 0 Å². The summed E-state index contributed by atoms with van der Waals surface area (Å²) in [7, 11) is 0. The summed E-state index contributed by atoms with van der Waals surface area (Å²) >= 11 is 0. The highest BCUT2D eigenvalue weighted by atomic mass is 15.3. The topological polar surface area (TPSA) is 0 Å². The van der Waals surface area contributed by atoms with Crippen LogP contribution in [0.4, 0.5) is 0 Å². The summed E-state index contributed by atoms with van der Waals surface area (Å²) in [5.74, 6) is 0. The first-order chi connectivity index (χ1) is 15.2. The van der Waals surface area contributed by atoms with Gasteiger partial charge in [-0.3, -0.25) is 0 Å². The van der Waals surface area contributed by atoms with Crippen LogP contribution in [0.2, 0.25) is 0 Å². The number of unbranched alkanes of at least 4 members (excludes halogenated alkanes) is 18. The van der Waals surface area contributed by atoms with Crippen LogP contribution in [0.5, 0.6) is 0 Å². The first kappa shape index (κ1) is 30.4. The second kappa shape index (κ2) is 24.1. The second-order valence-corrected chi connectivity index (χ2v) is 10.1. The lowest BCUT2D eigenvalue weighted by Gasteiger charge is -2.37. The number of hydrogen-bond donors (Lipinski definition) is 0. The minimum atomic E-state index is 1.11. The van der Waals surface area contributed by atoms with Crippen LogP contribution in [-0.4, -0.2) is 30.7 Å². The summed E-state index contributed by atoms with van der Waals surface area (Å²) in [5, 5.41) is 0. The highest BCUT2D eigenvalue weighted by Crippen LogP contribution is 2.17. The van der Waals surface area contributed by atoms with Crippen LogP contribution in [0.1, 0.15) is 142 Å². The second-order valence-electron chi connectivity index (χ2n) is 10.1. The molecule has 0 atom stereocenters. The summed E-state index contributed by atoms with van der Waals surface area (Å²) in [6.07, 6.45) is 32.7. The van der Waals surface area contributed by atoms with E-state index in [1.807, 2.05) is 0 Å². The molecular weight excluding hydrogens is 374 g/mol. The summed E-state index contributed by atoms with van der Waals surface area (Å²) in [4.78, 5) is 0. The number of nitrogens with zero attached hydrogens (tertiary/aromatic N) is 1. The van der Waals surface area contributed by atoms with Gasteiger partial charge < -0.3 is 4.48 Å². The lowest BCUT2D eigenvalue weighted by molar-refractivity contribution is -0.917. The molecule has 0 amide bonds. The SMILES string of the molecule is C=CC[N+](CC=C)(CCCCCCCCCCCC)CCCCCCCCCCCC. The Hall–Kier alpha value is -0.560. The lowest BCUT2D eigenvalue weighted by Crippen LogP contribution is -2.49. The fourth-order valence-electron chi connectivity index (χ4n) is 4.97. The van der Waals surface area contributed by atoms with Gasteiger partial charge in [-0.25, -0.2) is 0 Å². The van der Waals surface area contributed by atoms with Gasteiger partial charge in [-0.15, -0.1) is 0 Å². The van der Waals surface area contributed by atoms with Crippen LogP contribution in [0.15, 0.2) is 25.3 Å². The minimum absolute atomic E-state index is 1.11. The third kappa shape index (κ3) is 19.8. The molecule has 0 fully saturated rings. The quantitative estimate of drug-likeness (QED) is 0.0721. The Morgan fingerprint density at radius 1 is 0.419 bits per heavy atom. The maximum Gasteiger partial charge on any atom is 0.0973 e. The Labute approximate surface area is 198 Å². The number of rotatable bonds is 26. The standard InChI is InChI=1S/C30H60N/c1-5-9-11-13-15-17-19-21-23-25-29-31(27-7-3,28-8-4)30-26-24-22-20-18-16-14-12-10-6-2/h7-8H,3-6,9-30H2,1-2H3/q+1. The third-order valence-corrected chi connectivity index (χ3v) is 7.00. The molecule has 0 rings (SSSR count). The Bertz CT molecular complexity index is 337. The fraction of sp³-hybridized carbons (Fsp3) is 0.867. The molecule has 0 spiro atoms. The molecule has 0 aliphatic carbocycles. The van der Waals surface area contributed by atoms with E-state index in [-0.39, 0.29) is 0 Å². The molecule has 0 saturated carbocycles. The molecular formula is C30H60N+. The summed E-state index contributed by atoms with van der Waals surface area (Å²) < 4.78 is 1.20. The van der Waals surface area contributed by atoms with E-state index in [1.54, 1.807) is 0 Å². The van der Waals surface area contributed by atoms with Gasteiger partial charge in [0.1, 0.15) is 0 Å². The van der Waals surface area contributed by atoms with E-state index in [9.17, 15) is 0 Å². The first-order valence-electron chi connectivity index (χ1n) is 14.3. The van der Waals surface area contributed by atoms with Crippen molar-refractivity contribution in [2.24, 2.45) is 0 Å². The molecule has 0 bridgehead atoms. The van der Waals surface area contributed by atoms with Crippen molar-refractivity contribution in [3.63, 3.8) is 0 Å². The molecule has 31 heavy (non-hydrogen) atoms. The van der Waals surface area contributed by atoms with Crippen molar-refractivity contribution in [2.75, 3.05) is 26.2 Å². The maximum absolute atomic E-state index is 4.08. The van der Waals surface area contributed by atoms with Gasteiger partial charge in [0.25, 0.3) is 0 Å². The van der Waals surface area contributed by atoms with E-state index in [4.69, 9.17) is 0 Å². The molecule has 0 aromatic carbocycles. The fourth-order valence-corrected chi connectivity index (χ4v) is 4.97. The zero-order chi connectivity index (χ0) is 22.9. The van der Waals surface area contributed by atoms with Gasteiger partial charge >= 0.3 is 0 Å². The minimum Gasteiger partial charge on any atom is -0.317 e. The average molecular weight is 435 g/mol. The zero-order valence-electron chi connectivity index (χ0n) is 22.0. The Morgan fingerprint density at radius 3 is 0.935 bits per heavy atom. The Balaban J connectivity index is 3.94. The zero-order valence-corrected chi connectivity index (χ0v) is 22.0. The van der Waals surface area contributed by atoms with E-state index in [0.717, 1.165) is 13.1 Å². The Kier molecular flexibility index (Phi) is 23.7. The Morgan fingerprint density at radius 2 is 0.677 bits per heavy atom. The van der Waals surface area contributed by atoms with E-state index in [0.29, 0.717) is 0 Å². The summed E-state index contributed by atoms with van der Waals surface area (Å²) in [6, 6.07) is 0. The van der Waals surface area contributed by atoms with Gasteiger partial charge in [0, 0.05) is 0 Å². The number of quaternary nitrogens is 1. The molecule has 184 valence electrons. The van der Waals surface area contributed by atoms with Gasteiger partial charge in [0.2, 0.25) is 0 Å². The molecule has 0 aliphatic heterocycles. The summed E-state index contributed by atoms with van der Waals surface area (Å²) in [6.45, 7) is 17.6. The van der Waals surface area contributed by atoms with Crippen LogP contribution >= 0.6 is 0 Å². The highest BCUT2D eigenvalue weighted by molar-refractivity contribution is 4.72. The maximum atomic E-state index is 4.08. The van der Waals surface area contributed by atoms with E-state index in [2.05, 4.69) is 39.2 Å². The van der Waals surface area contributed by atoms with Crippen molar-refractivity contribution in [1.82, 2.24) is 0 Å². The largest absolute Gasteiger partial charge is 0.317 e. The molecule has 0 unspecified atom stereocenters. The predicted octanol–water partition coefficient (Wildman–Crippen LogP) is 10.0. The molecule has 1 nitrogen and oxygen atoms in total. The van der Waals surface area contributed by atoms with E-state index in [1.165, 1.54) is 146 Å². The molecule has 0 N–H and O–H groups in total. The summed E-state index contributed by atoms with van der Waals surface area (Å²) in [5.41, 5.74) is 0. The van der Waals surface area contributed by atoms with Crippen LogP contribution in [-0.2, 0) is 0 Å². The van der Waals surface area contributed by atoms with E-state index >= 15 is 0 Å². The van der Waals surface area contributed by atoms with Gasteiger partial charge in [-0.05, 0) is 37.8 Å². The average Bonchev–Trinajstić information content (AvgIpc) is 2.77. The smallest absolute Gasteiger partial charge is 0.0973 e. The van der Waals surface area contributed by atoms with Gasteiger partial charge in [0.05, 0.1) is 26.2 Å².